The summed E-state index contributed by atoms with van der Waals surface area (Å²) in [5, 5.41) is 4.74. The third-order valence-electron chi connectivity index (χ3n) is 2.08. The molecule has 1 aliphatic heterocycles. The molecule has 0 saturated heterocycles. The lowest BCUT2D eigenvalue weighted by molar-refractivity contribution is -0.130. The van der Waals surface area contributed by atoms with Gasteiger partial charge in [-0.1, -0.05) is 6.92 Å². The van der Waals surface area contributed by atoms with Gasteiger partial charge in [-0.15, -0.1) is 0 Å². The van der Waals surface area contributed by atoms with Crippen LogP contribution in [-0.2, 0) is 4.79 Å². The molecule has 0 radical (unpaired) electrons. The second-order valence-electron chi connectivity index (χ2n) is 3.06. The van der Waals surface area contributed by atoms with Crippen molar-refractivity contribution >= 4 is 11.6 Å². The lowest BCUT2D eigenvalue weighted by Gasteiger charge is -2.18. The van der Waals surface area contributed by atoms with Crippen LogP contribution in [0.2, 0.25) is 0 Å². The monoisotopic (exact) mass is 190 g/mol. The standard InChI is InChI=1S/C8H12F2N2O/c1-3-5(2)12-7(13)4-6(11-12)8(9)10/h5,8H,3-4H2,1-2H3. The summed E-state index contributed by atoms with van der Waals surface area (Å²) in [5.74, 6) is -0.329. The van der Waals surface area contributed by atoms with Crippen molar-refractivity contribution in [2.24, 2.45) is 5.10 Å². The van der Waals surface area contributed by atoms with E-state index in [9.17, 15) is 13.6 Å². The molecule has 1 amide bonds. The van der Waals surface area contributed by atoms with Crippen LogP contribution in [0.4, 0.5) is 8.78 Å². The van der Waals surface area contributed by atoms with Gasteiger partial charge in [-0.25, -0.2) is 13.8 Å². The SMILES string of the molecule is CCC(C)N1N=C(C(F)F)CC1=O. The molecule has 0 aromatic rings. The Morgan fingerprint density at radius 2 is 2.23 bits per heavy atom. The quantitative estimate of drug-likeness (QED) is 0.665. The molecule has 0 aromatic heterocycles. The lowest BCUT2D eigenvalue weighted by atomic mass is 10.2. The molecule has 0 bridgehead atoms. The first-order valence-corrected chi connectivity index (χ1v) is 4.23. The van der Waals surface area contributed by atoms with Crippen LogP contribution >= 0.6 is 0 Å². The molecule has 1 unspecified atom stereocenters. The highest BCUT2D eigenvalue weighted by atomic mass is 19.3. The molecule has 0 aromatic carbocycles. The maximum Gasteiger partial charge on any atom is 0.278 e. The zero-order chi connectivity index (χ0) is 10.0. The summed E-state index contributed by atoms with van der Waals surface area (Å²) >= 11 is 0. The number of hydrogen-bond acceptors (Lipinski definition) is 2. The van der Waals surface area contributed by atoms with Crippen molar-refractivity contribution in [3.05, 3.63) is 0 Å². The summed E-state index contributed by atoms with van der Waals surface area (Å²) in [4.78, 5) is 11.2. The molecule has 1 aliphatic rings. The molecule has 1 atom stereocenters. The predicted molar refractivity (Wildman–Crippen MR) is 44.7 cm³/mol. The fraction of sp³-hybridized carbons (Fsp3) is 0.750. The molecule has 0 spiro atoms. The van der Waals surface area contributed by atoms with Crippen LogP contribution in [0.25, 0.3) is 0 Å². The van der Waals surface area contributed by atoms with Crippen LogP contribution in [0.15, 0.2) is 5.10 Å². The molecule has 0 saturated carbocycles. The normalized spacial score (nSPS) is 19.6. The zero-order valence-corrected chi connectivity index (χ0v) is 7.63. The number of nitrogens with zero attached hydrogens (tertiary/aromatic N) is 2. The van der Waals surface area contributed by atoms with Crippen molar-refractivity contribution in [2.45, 2.75) is 39.2 Å². The van der Waals surface area contributed by atoms with Crippen LogP contribution in [0.5, 0.6) is 0 Å². The number of hydrazone groups is 1. The third-order valence-corrected chi connectivity index (χ3v) is 2.08. The molecule has 0 aliphatic carbocycles. The minimum atomic E-state index is -2.61. The van der Waals surface area contributed by atoms with Crippen molar-refractivity contribution in [1.82, 2.24) is 5.01 Å². The zero-order valence-electron chi connectivity index (χ0n) is 7.63. The average molecular weight is 190 g/mol. The van der Waals surface area contributed by atoms with Gasteiger partial charge >= 0.3 is 0 Å². The average Bonchev–Trinajstić information content (AvgIpc) is 2.46. The van der Waals surface area contributed by atoms with Gasteiger partial charge < -0.3 is 0 Å². The summed E-state index contributed by atoms with van der Waals surface area (Å²) in [6, 6.07) is -0.0938. The summed E-state index contributed by atoms with van der Waals surface area (Å²) < 4.78 is 24.3. The van der Waals surface area contributed by atoms with Crippen LogP contribution < -0.4 is 0 Å². The van der Waals surface area contributed by atoms with Gasteiger partial charge in [-0.3, -0.25) is 4.79 Å². The van der Waals surface area contributed by atoms with Gasteiger partial charge in [-0.05, 0) is 13.3 Å². The van der Waals surface area contributed by atoms with E-state index in [1.165, 1.54) is 0 Å². The Morgan fingerprint density at radius 3 is 2.62 bits per heavy atom. The van der Waals surface area contributed by atoms with Crippen LogP contribution in [0, 0.1) is 0 Å². The molecular weight excluding hydrogens is 178 g/mol. The summed E-state index contributed by atoms with van der Waals surface area (Å²) in [6.45, 7) is 3.67. The third kappa shape index (κ3) is 2.02. The van der Waals surface area contributed by atoms with Crippen LogP contribution in [-0.4, -0.2) is 29.1 Å². The van der Waals surface area contributed by atoms with E-state index in [4.69, 9.17) is 0 Å². The van der Waals surface area contributed by atoms with Crippen molar-refractivity contribution in [2.75, 3.05) is 0 Å². The number of amides is 1. The topological polar surface area (TPSA) is 32.7 Å². The molecule has 3 nitrogen and oxygen atoms in total. The van der Waals surface area contributed by atoms with Gasteiger partial charge in [0.25, 0.3) is 6.43 Å². The molecule has 0 N–H and O–H groups in total. The maximum absolute atomic E-state index is 12.1. The van der Waals surface area contributed by atoms with Crippen molar-refractivity contribution in [1.29, 1.82) is 0 Å². The van der Waals surface area contributed by atoms with Crippen molar-refractivity contribution < 1.29 is 13.6 Å². The van der Waals surface area contributed by atoms with Gasteiger partial charge in [0.1, 0.15) is 5.71 Å². The van der Waals surface area contributed by atoms with E-state index in [0.717, 1.165) is 5.01 Å². The summed E-state index contributed by atoms with van der Waals surface area (Å²) in [5.41, 5.74) is -0.315. The Labute approximate surface area is 75.4 Å². The van der Waals surface area contributed by atoms with Crippen LogP contribution in [0.1, 0.15) is 26.7 Å². The van der Waals surface area contributed by atoms with E-state index >= 15 is 0 Å². The highest BCUT2D eigenvalue weighted by molar-refractivity contribution is 6.06. The second-order valence-corrected chi connectivity index (χ2v) is 3.06. The van der Waals surface area contributed by atoms with E-state index in [1.54, 1.807) is 6.92 Å². The number of alkyl halides is 2. The van der Waals surface area contributed by atoms with Gasteiger partial charge in [0, 0.05) is 0 Å². The van der Waals surface area contributed by atoms with Crippen molar-refractivity contribution in [3.63, 3.8) is 0 Å². The van der Waals surface area contributed by atoms with Gasteiger partial charge in [0.2, 0.25) is 5.91 Å². The summed E-state index contributed by atoms with van der Waals surface area (Å²) in [6.07, 6.45) is -2.13. The van der Waals surface area contributed by atoms with E-state index in [-0.39, 0.29) is 24.1 Å². The molecule has 13 heavy (non-hydrogen) atoms. The van der Waals surface area contributed by atoms with E-state index < -0.39 is 6.43 Å². The number of carbonyl (C=O) groups excluding carboxylic acids is 1. The molecule has 0 fully saturated rings. The van der Waals surface area contributed by atoms with Gasteiger partial charge in [-0.2, -0.15) is 5.10 Å². The molecule has 74 valence electrons. The first-order chi connectivity index (χ1) is 6.06. The van der Waals surface area contributed by atoms with E-state index in [0.29, 0.717) is 6.42 Å². The molecule has 1 rings (SSSR count). The summed E-state index contributed by atoms with van der Waals surface area (Å²) in [7, 11) is 0. The van der Waals surface area contributed by atoms with Gasteiger partial charge in [0.05, 0.1) is 12.5 Å². The highest BCUT2D eigenvalue weighted by Crippen LogP contribution is 2.17. The largest absolute Gasteiger partial charge is 0.278 e. The Balaban J connectivity index is 2.72. The van der Waals surface area contributed by atoms with Crippen molar-refractivity contribution in [3.8, 4) is 0 Å². The number of hydrogen-bond donors (Lipinski definition) is 0. The first kappa shape index (κ1) is 10.1. The van der Waals surface area contributed by atoms with E-state index in [1.807, 2.05) is 6.92 Å². The Hall–Kier alpha value is -1.00. The fourth-order valence-electron chi connectivity index (χ4n) is 1.10. The number of rotatable bonds is 3. The Kier molecular flexibility index (Phi) is 2.95. The van der Waals surface area contributed by atoms with Crippen LogP contribution in [0.3, 0.4) is 0 Å². The smallest absolute Gasteiger partial charge is 0.273 e. The number of carbonyl (C=O) groups is 1. The highest BCUT2D eigenvalue weighted by Gasteiger charge is 2.31. The molecule has 1 heterocycles. The minimum Gasteiger partial charge on any atom is -0.273 e. The van der Waals surface area contributed by atoms with E-state index in [2.05, 4.69) is 5.10 Å². The Bertz CT molecular complexity index is 240. The lowest BCUT2D eigenvalue weighted by Crippen LogP contribution is -2.29. The molecule has 5 heteroatoms. The Morgan fingerprint density at radius 1 is 1.62 bits per heavy atom. The number of halogens is 2. The maximum atomic E-state index is 12.1. The second kappa shape index (κ2) is 3.81. The van der Waals surface area contributed by atoms with Gasteiger partial charge in [0.15, 0.2) is 0 Å². The fourth-order valence-corrected chi connectivity index (χ4v) is 1.10. The molecular formula is C8H12F2N2O. The predicted octanol–water partition coefficient (Wildman–Crippen LogP) is 1.64. The first-order valence-electron chi connectivity index (χ1n) is 4.23. The minimum absolute atomic E-state index is 0.0938.